The van der Waals surface area contributed by atoms with Gasteiger partial charge in [-0.3, -0.25) is 4.79 Å². The molecule has 16 fully saturated rings. The lowest BCUT2D eigenvalue weighted by Crippen LogP contribution is -2.62. The SMILES string of the molecule is C=C1C[C@@H]2CC[C@@]34CC5(O)O[C@@H]6C(O[C@H]7CCC(CC(=O)O[C@@H]8[C@@H](C)[C@@H]9O[C@@H]%10CC%11(C[C@@H]%12O[C@]%13(C[C@H](C)[C@@H]%14O[C@H]([C@@H](O)C[C@@H](O)CO)C[C@@H]%14O%13)C[C@H](C)[C@@H]%12O%11)OC%10C[C@@H]9O[C@H]8CC8O[C@@H](CCC1O2)C[C@@H](C)C8=C)O[C@@H]7[C@@H]6O3)[C@@H]5O4. The van der Waals surface area contributed by atoms with Gasteiger partial charge in [0.15, 0.2) is 17.4 Å². The zero-order chi connectivity index (χ0) is 54.9. The third-order valence-electron chi connectivity index (χ3n) is 22.0. The second-order valence-corrected chi connectivity index (χ2v) is 27.8. The van der Waals surface area contributed by atoms with Crippen LogP contribution in [0.3, 0.4) is 0 Å². The Bertz CT molecular complexity index is 2400. The molecule has 20 heteroatoms. The van der Waals surface area contributed by atoms with E-state index >= 15 is 0 Å². The van der Waals surface area contributed by atoms with Crippen molar-refractivity contribution in [2.24, 2.45) is 23.7 Å². The van der Waals surface area contributed by atoms with Gasteiger partial charge in [-0.1, -0.05) is 40.9 Å². The van der Waals surface area contributed by atoms with Gasteiger partial charge in [-0.25, -0.2) is 0 Å². The second kappa shape index (κ2) is 20.2. The topological polar surface area (TPSA) is 236 Å². The van der Waals surface area contributed by atoms with E-state index < -0.39 is 103 Å². The molecule has 446 valence electrons. The van der Waals surface area contributed by atoms with E-state index in [0.717, 1.165) is 36.8 Å². The van der Waals surface area contributed by atoms with Crippen LogP contribution in [-0.4, -0.2) is 203 Å². The Morgan fingerprint density at radius 1 is 0.550 bits per heavy atom. The molecule has 0 saturated carbocycles. The summed E-state index contributed by atoms with van der Waals surface area (Å²) >= 11 is 0. The molecule has 3 spiro atoms. The summed E-state index contributed by atoms with van der Waals surface area (Å²) in [5.41, 5.74) is 2.08. The number of ether oxygens (including phenoxy) is 15. The van der Waals surface area contributed by atoms with Gasteiger partial charge in [0.25, 0.3) is 0 Å². The van der Waals surface area contributed by atoms with Crippen LogP contribution in [0.4, 0.5) is 0 Å². The Labute approximate surface area is 468 Å². The van der Waals surface area contributed by atoms with Gasteiger partial charge >= 0.3 is 5.97 Å². The van der Waals surface area contributed by atoms with E-state index in [9.17, 15) is 25.2 Å². The van der Waals surface area contributed by atoms with Crippen molar-refractivity contribution in [3.05, 3.63) is 24.3 Å². The third kappa shape index (κ3) is 9.31. The molecule has 16 aliphatic heterocycles. The average Bonchev–Trinajstić information content (AvgIpc) is 4.40. The molecule has 20 nitrogen and oxygen atoms in total. The molecule has 0 amide bonds. The van der Waals surface area contributed by atoms with E-state index in [0.29, 0.717) is 70.6 Å². The number of aliphatic hydroxyl groups excluding tert-OH is 3. The Morgan fingerprint density at radius 2 is 1.25 bits per heavy atom. The first-order valence-corrected chi connectivity index (χ1v) is 30.9. The summed E-state index contributed by atoms with van der Waals surface area (Å²) in [6.07, 6.45) is -0.945. The normalized spacial score (nSPS) is 57.6. The molecule has 0 aromatic carbocycles. The summed E-state index contributed by atoms with van der Waals surface area (Å²) in [5.74, 6) is -4.74. The fourth-order valence-electron chi connectivity index (χ4n) is 18.2. The molecule has 16 heterocycles. The van der Waals surface area contributed by atoms with E-state index in [-0.39, 0.29) is 122 Å². The van der Waals surface area contributed by atoms with Crippen molar-refractivity contribution in [3.8, 4) is 0 Å². The maximum Gasteiger partial charge on any atom is 0.308 e. The highest BCUT2D eigenvalue weighted by Crippen LogP contribution is 2.59. The number of carbonyl (C=O) groups excluding carboxylic acids is 1. The fraction of sp³-hybridized carbons (Fsp3) is 0.917. The molecule has 0 aromatic rings. The summed E-state index contributed by atoms with van der Waals surface area (Å²) in [5, 5.41) is 42.3. The molecule has 12 bridgehead atoms. The van der Waals surface area contributed by atoms with Crippen LogP contribution in [0.5, 0.6) is 0 Å². The van der Waals surface area contributed by atoms with Crippen LogP contribution in [0.2, 0.25) is 0 Å². The lowest BCUT2D eigenvalue weighted by atomic mass is 9.79. The predicted molar refractivity (Wildman–Crippen MR) is 275 cm³/mol. The highest BCUT2D eigenvalue weighted by molar-refractivity contribution is 5.70. The van der Waals surface area contributed by atoms with Gasteiger partial charge in [-0.05, 0) is 73.8 Å². The van der Waals surface area contributed by atoms with E-state index in [2.05, 4.69) is 40.9 Å². The molecular formula is C60H86O20. The average molecular weight is 1130 g/mol. The van der Waals surface area contributed by atoms with Crippen LogP contribution in [0.1, 0.15) is 143 Å². The molecular weight excluding hydrogens is 1040 g/mol. The first-order valence-electron chi connectivity index (χ1n) is 30.9. The van der Waals surface area contributed by atoms with E-state index in [1.54, 1.807) is 0 Å². The third-order valence-corrected chi connectivity index (χ3v) is 22.0. The van der Waals surface area contributed by atoms with E-state index in [1.165, 1.54) is 0 Å². The maximum absolute atomic E-state index is 14.6. The first kappa shape index (κ1) is 54.9. The molecule has 7 unspecified atom stereocenters. The monoisotopic (exact) mass is 1130 g/mol. The lowest BCUT2D eigenvalue weighted by Gasteiger charge is -2.50. The smallest absolute Gasteiger partial charge is 0.308 e. The molecule has 16 rings (SSSR count). The zero-order valence-electron chi connectivity index (χ0n) is 46.8. The molecule has 0 aromatic heterocycles. The Hall–Kier alpha value is -1.77. The Kier molecular flexibility index (Phi) is 13.8. The van der Waals surface area contributed by atoms with Gasteiger partial charge in [-0.2, -0.15) is 0 Å². The van der Waals surface area contributed by atoms with Crippen LogP contribution < -0.4 is 0 Å². The van der Waals surface area contributed by atoms with Gasteiger partial charge in [-0.15, -0.1) is 0 Å². The van der Waals surface area contributed by atoms with Crippen molar-refractivity contribution in [2.75, 3.05) is 6.61 Å². The first-order chi connectivity index (χ1) is 38.3. The minimum atomic E-state index is -1.55. The quantitative estimate of drug-likeness (QED) is 0.228. The van der Waals surface area contributed by atoms with Gasteiger partial charge in [0.1, 0.15) is 36.6 Å². The van der Waals surface area contributed by atoms with E-state index in [4.69, 9.17) is 71.1 Å². The number of hydrogen-bond donors (Lipinski definition) is 4. The lowest BCUT2D eigenvalue weighted by molar-refractivity contribution is -0.347. The van der Waals surface area contributed by atoms with Crippen LogP contribution >= 0.6 is 0 Å². The predicted octanol–water partition coefficient (Wildman–Crippen LogP) is 4.25. The number of carbonyl (C=O) groups is 1. The van der Waals surface area contributed by atoms with Crippen molar-refractivity contribution in [2.45, 2.75) is 313 Å². The maximum atomic E-state index is 14.6. The molecule has 16 saturated heterocycles. The second-order valence-electron chi connectivity index (χ2n) is 27.8. The molecule has 0 radical (unpaired) electrons. The largest absolute Gasteiger partial charge is 0.459 e. The van der Waals surface area contributed by atoms with Crippen molar-refractivity contribution in [3.63, 3.8) is 0 Å². The molecule has 4 N–H and O–H groups in total. The zero-order valence-corrected chi connectivity index (χ0v) is 46.8. The summed E-state index contributed by atoms with van der Waals surface area (Å²) in [4.78, 5) is 14.6. The standard InChI is InChI=1S/C60H86O20/c1-26-13-33-7-9-37-27(2)14-35(66-37)11-12-57-25-60(65)56(80-57)55-54(79-60)53(78-57)52-38(70-55)10-8-34(68-52)16-47(64)73-51-31(6)50-43(69-42(51)17-39(67-33)30(26)5)19-41-45(72-50)22-59(74-41)23-46-49(77-59)29(4)21-58(76-46)20-28(3)48-44(75-58)18-40(71-48)36(63)15-32(62)24-61/h26,28-29,31-46,48-56,61-63,65H,2,5,7-25H2,1,3-4,6H3/t26-,28+,29+,31+,32-,33+,34?,35+,36+,37?,38+,39?,40+,41?,42+,43+,44+,45-,46+,48+,49+,50+,51-,52+,53+,54+,55?,56+,57-,58-,59?,60?/m1/s1. The van der Waals surface area contributed by atoms with Crippen LogP contribution in [-0.2, 0) is 75.8 Å². The highest BCUT2D eigenvalue weighted by atomic mass is 16.8. The van der Waals surface area contributed by atoms with Gasteiger partial charge in [0, 0.05) is 63.7 Å². The minimum absolute atomic E-state index is 0.0152. The number of rotatable bonds is 4. The van der Waals surface area contributed by atoms with Crippen molar-refractivity contribution in [1.82, 2.24) is 0 Å². The Morgan fingerprint density at radius 3 is 2.09 bits per heavy atom. The molecule has 16 aliphatic rings. The summed E-state index contributed by atoms with van der Waals surface area (Å²) in [7, 11) is 0. The van der Waals surface area contributed by atoms with Gasteiger partial charge < -0.3 is 91.5 Å². The van der Waals surface area contributed by atoms with Gasteiger partial charge in [0.05, 0.1) is 129 Å². The fourth-order valence-corrected chi connectivity index (χ4v) is 18.2. The minimum Gasteiger partial charge on any atom is -0.459 e. The molecule has 32 atom stereocenters. The summed E-state index contributed by atoms with van der Waals surface area (Å²) < 4.78 is 103. The number of fused-ring (bicyclic) bond motifs is 10. The Balaban J connectivity index is 0.658. The van der Waals surface area contributed by atoms with E-state index in [1.807, 2.05) is 0 Å². The number of hydrogen-bond acceptors (Lipinski definition) is 20. The van der Waals surface area contributed by atoms with Crippen molar-refractivity contribution < 1.29 is 96.3 Å². The highest BCUT2D eigenvalue weighted by Gasteiger charge is 2.75. The molecule has 0 aliphatic carbocycles. The van der Waals surface area contributed by atoms with Crippen LogP contribution in [0, 0.1) is 23.7 Å². The molecule has 80 heavy (non-hydrogen) atoms. The number of esters is 1. The van der Waals surface area contributed by atoms with Crippen LogP contribution in [0.15, 0.2) is 24.3 Å². The van der Waals surface area contributed by atoms with Crippen molar-refractivity contribution >= 4 is 5.97 Å². The summed E-state index contributed by atoms with van der Waals surface area (Å²) in [6.45, 7) is 17.3. The number of aliphatic hydroxyl groups is 4. The summed E-state index contributed by atoms with van der Waals surface area (Å²) in [6, 6.07) is 0. The van der Waals surface area contributed by atoms with Gasteiger partial charge in [0.2, 0.25) is 5.79 Å². The van der Waals surface area contributed by atoms with Crippen molar-refractivity contribution in [1.29, 1.82) is 0 Å². The van der Waals surface area contributed by atoms with Crippen LogP contribution in [0.25, 0.3) is 0 Å².